The maximum atomic E-state index is 5.19. The van der Waals surface area contributed by atoms with E-state index in [1.165, 1.54) is 93.3 Å². The molecule has 1 atom stereocenters. The van der Waals surface area contributed by atoms with Gasteiger partial charge in [0.2, 0.25) is 0 Å². The second kappa shape index (κ2) is 13.2. The summed E-state index contributed by atoms with van der Waals surface area (Å²) in [5.74, 6) is 0.888. The first-order valence-corrected chi connectivity index (χ1v) is 20.8. The molecule has 1 N–H and O–H groups in total. The highest BCUT2D eigenvalue weighted by molar-refractivity contribution is 6.03. The van der Waals surface area contributed by atoms with Crippen molar-refractivity contribution < 1.29 is 0 Å². The molecule has 7 aromatic carbocycles. The zero-order valence-electron chi connectivity index (χ0n) is 32.7. The number of fused-ring (bicyclic) bond motifs is 8. The number of hydrogen-bond acceptors (Lipinski definition) is 2. The molecule has 276 valence electrons. The summed E-state index contributed by atoms with van der Waals surface area (Å²) in [5.41, 5.74) is 21.1. The molecule has 0 amide bonds. The van der Waals surface area contributed by atoms with Gasteiger partial charge in [-0.15, -0.1) is 0 Å². The Bertz CT molecular complexity index is 2730. The molecule has 1 saturated carbocycles. The molecule has 11 rings (SSSR count). The summed E-state index contributed by atoms with van der Waals surface area (Å²) in [4.78, 5) is 5.19. The SMILES string of the molecule is CC1(C)c2cc(-c3ccc(C4=CC(c5ccc(-c6ccccc6)cc5)NC(c5ccccc5)=N4)cc3)ccc2-c2cc3c(cc21)-c1ccccc1C31CCCCC1. The highest BCUT2D eigenvalue weighted by Crippen LogP contribution is 2.60. The number of rotatable bonds is 5. The summed E-state index contributed by atoms with van der Waals surface area (Å²) < 4.78 is 0. The zero-order valence-corrected chi connectivity index (χ0v) is 32.7. The average molecular weight is 735 g/mol. The van der Waals surface area contributed by atoms with E-state index >= 15 is 0 Å². The van der Waals surface area contributed by atoms with E-state index in [9.17, 15) is 0 Å². The third-order valence-electron chi connectivity index (χ3n) is 13.6. The van der Waals surface area contributed by atoms with Gasteiger partial charge in [-0.05, 0) is 115 Å². The molecular formula is C55H46N2. The van der Waals surface area contributed by atoms with Crippen molar-refractivity contribution in [1.29, 1.82) is 0 Å². The lowest BCUT2D eigenvalue weighted by Crippen LogP contribution is -2.31. The van der Waals surface area contributed by atoms with Gasteiger partial charge in [-0.2, -0.15) is 0 Å². The zero-order chi connectivity index (χ0) is 38.1. The molecule has 0 bridgehead atoms. The quantitative estimate of drug-likeness (QED) is 0.187. The van der Waals surface area contributed by atoms with Crippen LogP contribution in [-0.4, -0.2) is 5.84 Å². The Morgan fingerprint density at radius 3 is 1.75 bits per heavy atom. The van der Waals surface area contributed by atoms with Gasteiger partial charge < -0.3 is 5.32 Å². The molecule has 0 saturated heterocycles. The van der Waals surface area contributed by atoms with E-state index < -0.39 is 0 Å². The van der Waals surface area contributed by atoms with E-state index in [1.807, 2.05) is 0 Å². The van der Waals surface area contributed by atoms with Crippen molar-refractivity contribution in [2.45, 2.75) is 62.8 Å². The van der Waals surface area contributed by atoms with E-state index in [2.05, 4.69) is 189 Å². The van der Waals surface area contributed by atoms with Crippen LogP contribution in [0.2, 0.25) is 0 Å². The molecule has 2 heteroatoms. The predicted octanol–water partition coefficient (Wildman–Crippen LogP) is 13.7. The maximum Gasteiger partial charge on any atom is 0.134 e. The topological polar surface area (TPSA) is 24.4 Å². The molecule has 1 aliphatic heterocycles. The van der Waals surface area contributed by atoms with Crippen molar-refractivity contribution in [2.24, 2.45) is 4.99 Å². The van der Waals surface area contributed by atoms with Crippen LogP contribution in [0.3, 0.4) is 0 Å². The van der Waals surface area contributed by atoms with Crippen molar-refractivity contribution in [3.05, 3.63) is 209 Å². The first-order chi connectivity index (χ1) is 28.0. The Balaban J connectivity index is 0.925. The van der Waals surface area contributed by atoms with Crippen LogP contribution < -0.4 is 5.32 Å². The van der Waals surface area contributed by atoms with Crippen LogP contribution in [0.5, 0.6) is 0 Å². The summed E-state index contributed by atoms with van der Waals surface area (Å²) in [7, 11) is 0. The van der Waals surface area contributed by atoms with Gasteiger partial charge in [0.1, 0.15) is 5.84 Å². The van der Waals surface area contributed by atoms with E-state index in [0.29, 0.717) is 0 Å². The molecule has 3 aliphatic carbocycles. The first kappa shape index (κ1) is 34.0. The summed E-state index contributed by atoms with van der Waals surface area (Å²) in [5, 5.41) is 3.73. The van der Waals surface area contributed by atoms with Crippen LogP contribution in [0.15, 0.2) is 175 Å². The van der Waals surface area contributed by atoms with Gasteiger partial charge in [0.25, 0.3) is 0 Å². The van der Waals surface area contributed by atoms with Gasteiger partial charge in [-0.3, -0.25) is 0 Å². The highest BCUT2D eigenvalue weighted by atomic mass is 15.0. The fourth-order valence-electron chi connectivity index (χ4n) is 10.5. The molecule has 4 aliphatic rings. The summed E-state index contributed by atoms with van der Waals surface area (Å²) in [6, 6.07) is 60.6. The van der Waals surface area contributed by atoms with Crippen LogP contribution >= 0.6 is 0 Å². The summed E-state index contributed by atoms with van der Waals surface area (Å²) in [6.45, 7) is 4.84. The second-order valence-electron chi connectivity index (χ2n) is 17.1. The summed E-state index contributed by atoms with van der Waals surface area (Å²) in [6.07, 6.45) is 8.76. The van der Waals surface area contributed by atoms with Crippen LogP contribution in [0.25, 0.3) is 50.2 Å². The standard InChI is InChI=1S/C55H46N2/c1-54(2)48-32-42(28-29-44(48)45-34-50-46(33-49(45)54)43-18-10-11-19-47(43)55(50)30-12-5-13-31-55)38-22-26-40(27-23-38)52-35-51(56-53(57-52)41-16-8-4-9-17-41)39-24-20-37(21-25-39)36-14-6-3-7-15-36/h3-4,6-11,14-29,32-35,51H,5,12-13,30-31H2,1-2H3,(H,56,57). The number of amidine groups is 1. The first-order valence-electron chi connectivity index (χ1n) is 20.8. The molecule has 2 nitrogen and oxygen atoms in total. The fourth-order valence-corrected chi connectivity index (χ4v) is 10.5. The van der Waals surface area contributed by atoms with Gasteiger partial charge in [-0.25, -0.2) is 4.99 Å². The largest absolute Gasteiger partial charge is 0.359 e. The Morgan fingerprint density at radius 1 is 0.456 bits per heavy atom. The van der Waals surface area contributed by atoms with Crippen LogP contribution in [-0.2, 0) is 10.8 Å². The minimum atomic E-state index is -0.0936. The van der Waals surface area contributed by atoms with E-state index in [-0.39, 0.29) is 16.9 Å². The van der Waals surface area contributed by atoms with E-state index in [1.54, 1.807) is 11.1 Å². The number of benzene rings is 7. The van der Waals surface area contributed by atoms with Crippen molar-refractivity contribution in [3.8, 4) is 44.5 Å². The van der Waals surface area contributed by atoms with Gasteiger partial charge in [-0.1, -0.05) is 179 Å². The number of nitrogens with zero attached hydrogens (tertiary/aromatic N) is 1. The third-order valence-corrected chi connectivity index (χ3v) is 13.6. The van der Waals surface area contributed by atoms with Crippen molar-refractivity contribution >= 4 is 11.5 Å². The summed E-state index contributed by atoms with van der Waals surface area (Å²) >= 11 is 0. The molecule has 1 fully saturated rings. The van der Waals surface area contributed by atoms with Gasteiger partial charge in [0.05, 0.1) is 11.7 Å². The number of hydrogen-bond donors (Lipinski definition) is 1. The lowest BCUT2D eigenvalue weighted by molar-refractivity contribution is 0.353. The lowest BCUT2D eigenvalue weighted by atomic mass is 9.67. The van der Waals surface area contributed by atoms with Crippen molar-refractivity contribution in [3.63, 3.8) is 0 Å². The van der Waals surface area contributed by atoms with Crippen LogP contribution in [0.1, 0.15) is 90.9 Å². The molecule has 1 heterocycles. The molecule has 1 spiro atoms. The van der Waals surface area contributed by atoms with Crippen molar-refractivity contribution in [1.82, 2.24) is 5.32 Å². The van der Waals surface area contributed by atoms with E-state index in [4.69, 9.17) is 4.99 Å². The lowest BCUT2D eigenvalue weighted by Gasteiger charge is -2.36. The second-order valence-corrected chi connectivity index (χ2v) is 17.1. The minimum Gasteiger partial charge on any atom is -0.359 e. The Kier molecular flexibility index (Phi) is 7.86. The highest BCUT2D eigenvalue weighted by Gasteiger charge is 2.46. The van der Waals surface area contributed by atoms with Gasteiger partial charge >= 0.3 is 0 Å². The fraction of sp³-hybridized carbons (Fsp3) is 0.182. The monoisotopic (exact) mass is 734 g/mol. The van der Waals surface area contributed by atoms with Gasteiger partial charge in [0, 0.05) is 16.4 Å². The normalized spacial score (nSPS) is 18.1. The maximum absolute atomic E-state index is 5.19. The molecule has 1 unspecified atom stereocenters. The van der Waals surface area contributed by atoms with Crippen LogP contribution in [0, 0.1) is 0 Å². The number of aliphatic imine (C=N–C) groups is 1. The van der Waals surface area contributed by atoms with Gasteiger partial charge in [0.15, 0.2) is 0 Å². The molecule has 0 aromatic heterocycles. The smallest absolute Gasteiger partial charge is 0.134 e. The van der Waals surface area contributed by atoms with Crippen molar-refractivity contribution in [2.75, 3.05) is 0 Å². The third kappa shape index (κ3) is 5.49. The van der Waals surface area contributed by atoms with Crippen LogP contribution in [0.4, 0.5) is 0 Å². The minimum absolute atomic E-state index is 0.0133. The average Bonchev–Trinajstić information content (AvgIpc) is 3.66. The Morgan fingerprint density at radius 2 is 1.00 bits per heavy atom. The molecule has 7 aromatic rings. The molecule has 57 heavy (non-hydrogen) atoms. The predicted molar refractivity (Wildman–Crippen MR) is 237 cm³/mol. The molecule has 0 radical (unpaired) electrons. The van der Waals surface area contributed by atoms with E-state index in [0.717, 1.165) is 22.7 Å². The Labute approximate surface area is 336 Å². The number of nitrogens with one attached hydrogen (secondary N) is 1. The molecular weight excluding hydrogens is 689 g/mol. The Hall–Kier alpha value is -6.25.